The summed E-state index contributed by atoms with van der Waals surface area (Å²) in [6.07, 6.45) is 3.81. The van der Waals surface area contributed by atoms with E-state index < -0.39 is 12.1 Å². The number of carbonyl (C=O) groups is 1. The molecule has 3 aromatic carbocycles. The average molecular weight is 643 g/mol. The van der Waals surface area contributed by atoms with E-state index in [1.807, 2.05) is 42.5 Å². The van der Waals surface area contributed by atoms with Crippen molar-refractivity contribution in [2.45, 2.75) is 50.7 Å². The molecule has 248 valence electrons. The summed E-state index contributed by atoms with van der Waals surface area (Å²) < 4.78 is 40.7. The first kappa shape index (κ1) is 32.2. The molecule has 2 aliphatic rings. The van der Waals surface area contributed by atoms with Gasteiger partial charge in [-0.25, -0.2) is 0 Å². The van der Waals surface area contributed by atoms with E-state index in [-0.39, 0.29) is 12.2 Å². The Morgan fingerprint density at radius 3 is 2.19 bits per heavy atom. The zero-order chi connectivity index (χ0) is 33.1. The highest BCUT2D eigenvalue weighted by atomic mass is 16.5. The van der Waals surface area contributed by atoms with Gasteiger partial charge in [0.1, 0.15) is 17.2 Å². The number of ether oxygens (including phenoxy) is 7. The number of aryl methyl sites for hydroxylation is 1. The van der Waals surface area contributed by atoms with Crippen molar-refractivity contribution in [1.82, 2.24) is 10.3 Å². The molecule has 0 amide bonds. The average Bonchev–Trinajstić information content (AvgIpc) is 3.12. The molecule has 1 aliphatic heterocycles. The highest BCUT2D eigenvalue weighted by molar-refractivity contribution is 5.93. The Morgan fingerprint density at radius 1 is 0.787 bits per heavy atom. The van der Waals surface area contributed by atoms with Crippen LogP contribution >= 0.6 is 0 Å². The van der Waals surface area contributed by atoms with Gasteiger partial charge >= 0.3 is 0 Å². The van der Waals surface area contributed by atoms with E-state index >= 15 is 0 Å². The Balaban J connectivity index is 1.50. The van der Waals surface area contributed by atoms with Gasteiger partial charge in [0.2, 0.25) is 0 Å². The van der Waals surface area contributed by atoms with Crippen LogP contribution in [0.25, 0.3) is 10.9 Å². The van der Waals surface area contributed by atoms with Crippen molar-refractivity contribution in [2.75, 3.05) is 49.2 Å². The van der Waals surface area contributed by atoms with Crippen molar-refractivity contribution in [2.24, 2.45) is 0 Å². The topological polar surface area (TPSA) is 107 Å². The predicted molar refractivity (Wildman–Crippen MR) is 178 cm³/mol. The van der Waals surface area contributed by atoms with Crippen LogP contribution in [-0.2, 0) is 30.5 Å². The number of benzene rings is 3. The molecule has 1 aliphatic carbocycles. The number of pyridine rings is 1. The summed E-state index contributed by atoms with van der Waals surface area (Å²) in [6, 6.07) is 12.6. The fourth-order valence-corrected chi connectivity index (χ4v) is 6.73. The van der Waals surface area contributed by atoms with Gasteiger partial charge < -0.3 is 38.5 Å². The molecular formula is C37H42N2O8. The van der Waals surface area contributed by atoms with Crippen LogP contribution in [0.5, 0.6) is 40.2 Å². The largest absolute Gasteiger partial charge is 0.497 e. The smallest absolute Gasteiger partial charge is 0.194 e. The molecule has 0 bridgehead atoms. The van der Waals surface area contributed by atoms with Crippen LogP contribution in [0.15, 0.2) is 42.5 Å². The van der Waals surface area contributed by atoms with Gasteiger partial charge in [0.05, 0.1) is 54.2 Å². The van der Waals surface area contributed by atoms with Crippen molar-refractivity contribution in [3.05, 3.63) is 70.4 Å². The monoisotopic (exact) mass is 642 g/mol. The maximum absolute atomic E-state index is 14.9. The van der Waals surface area contributed by atoms with Crippen molar-refractivity contribution in [3.8, 4) is 40.2 Å². The number of carbonyl (C=O) groups excluding carboxylic acids is 1. The first-order valence-corrected chi connectivity index (χ1v) is 15.9. The molecule has 2 heterocycles. The summed E-state index contributed by atoms with van der Waals surface area (Å²) in [5, 5.41) is 4.24. The number of hydrogen-bond acceptors (Lipinski definition) is 10. The van der Waals surface area contributed by atoms with E-state index in [0.29, 0.717) is 46.8 Å². The molecule has 0 saturated heterocycles. The molecule has 0 radical (unpaired) electrons. The van der Waals surface area contributed by atoms with Crippen LogP contribution in [0, 0.1) is 0 Å². The second-order valence-corrected chi connectivity index (χ2v) is 11.7. The normalized spacial score (nSPS) is 16.0. The molecule has 1 N–H and O–H groups in total. The Bertz CT molecular complexity index is 1780. The van der Waals surface area contributed by atoms with E-state index in [1.165, 1.54) is 0 Å². The number of hydrogen-bond donors (Lipinski definition) is 1. The first-order valence-electron chi connectivity index (χ1n) is 15.9. The molecule has 2 atom stereocenters. The van der Waals surface area contributed by atoms with Gasteiger partial charge in [0, 0.05) is 41.7 Å². The zero-order valence-corrected chi connectivity index (χ0v) is 27.9. The lowest BCUT2D eigenvalue weighted by Crippen LogP contribution is -2.43. The molecule has 0 fully saturated rings. The first-order chi connectivity index (χ1) is 22.9. The number of nitrogens with one attached hydrogen (secondary N) is 1. The maximum atomic E-state index is 14.9. The van der Waals surface area contributed by atoms with Crippen LogP contribution in [0.2, 0.25) is 0 Å². The number of nitrogens with zero attached hydrogens (tertiary/aromatic N) is 1. The number of fused-ring (bicyclic) bond motifs is 3. The van der Waals surface area contributed by atoms with Gasteiger partial charge in [-0.1, -0.05) is 6.07 Å². The van der Waals surface area contributed by atoms with Crippen LogP contribution < -0.4 is 38.5 Å². The Hall–Kier alpha value is -4.70. The van der Waals surface area contributed by atoms with Crippen LogP contribution in [-0.4, -0.2) is 66.1 Å². The third-order valence-electron chi connectivity index (χ3n) is 9.18. The Kier molecular flexibility index (Phi) is 9.58. The van der Waals surface area contributed by atoms with Gasteiger partial charge in [0.25, 0.3) is 0 Å². The van der Waals surface area contributed by atoms with Crippen molar-refractivity contribution in [3.63, 3.8) is 0 Å². The molecule has 1 aromatic heterocycles. The summed E-state index contributed by atoms with van der Waals surface area (Å²) in [6.45, 7) is 0.627. The second kappa shape index (κ2) is 14.0. The van der Waals surface area contributed by atoms with Gasteiger partial charge in [-0.15, -0.1) is 0 Å². The summed E-state index contributed by atoms with van der Waals surface area (Å²) in [5.41, 5.74) is 5.44. The third kappa shape index (κ3) is 6.22. The summed E-state index contributed by atoms with van der Waals surface area (Å²) in [7, 11) is 9.65. The fraction of sp³-hybridized carbons (Fsp3) is 0.405. The highest BCUT2D eigenvalue weighted by Gasteiger charge is 2.36. The van der Waals surface area contributed by atoms with Crippen molar-refractivity contribution in [1.29, 1.82) is 0 Å². The molecule has 2 unspecified atom stereocenters. The lowest BCUT2D eigenvalue weighted by atomic mass is 9.88. The van der Waals surface area contributed by atoms with Crippen molar-refractivity contribution >= 4 is 16.7 Å². The van der Waals surface area contributed by atoms with E-state index in [9.17, 15) is 4.79 Å². The molecule has 6 rings (SSSR count). The molecule has 10 nitrogen and oxygen atoms in total. The van der Waals surface area contributed by atoms with Gasteiger partial charge in [-0.05, 0) is 73.1 Å². The molecule has 47 heavy (non-hydrogen) atoms. The van der Waals surface area contributed by atoms with Gasteiger partial charge in [-0.3, -0.25) is 9.78 Å². The summed E-state index contributed by atoms with van der Waals surface area (Å²) in [5.74, 6) is 4.16. The number of aromatic nitrogens is 1. The number of rotatable bonds is 12. The second-order valence-electron chi connectivity index (χ2n) is 11.7. The molecular weight excluding hydrogens is 600 g/mol. The Morgan fingerprint density at radius 2 is 1.47 bits per heavy atom. The third-order valence-corrected chi connectivity index (χ3v) is 9.18. The standard InChI is InChI=1S/C37H42N2O8/c1-41-23-12-11-22(29(17-23)42-2)16-34(36(40)35-25-18-31(44-4)30(43-3)15-21(25)13-14-38-35)47-37-24-9-7-8-10-27(24)39-28-20-33(46-6)32(45-5)19-26(28)37/h11-12,15,17-20,34-35,38H,7-10,13-14,16H2,1-6H3. The number of Topliss-reactive ketones (excluding diaryl/α,β-unsaturated/α-hetero) is 1. The SMILES string of the molecule is COc1ccc(CC(Oc2c3c(nc4cc(OC)c(OC)cc24)CCCC3)C(=O)C2NCCc3cc(OC)c(OC)cc32)c(OC)c1. The van der Waals surface area contributed by atoms with E-state index in [4.69, 9.17) is 38.1 Å². The minimum absolute atomic E-state index is 0.106. The van der Waals surface area contributed by atoms with Crippen LogP contribution in [0.3, 0.4) is 0 Å². The van der Waals surface area contributed by atoms with E-state index in [0.717, 1.165) is 71.0 Å². The highest BCUT2D eigenvalue weighted by Crippen LogP contribution is 2.42. The van der Waals surface area contributed by atoms with Crippen LogP contribution in [0.1, 0.15) is 46.8 Å². The van der Waals surface area contributed by atoms with E-state index in [1.54, 1.807) is 42.7 Å². The minimum atomic E-state index is -0.890. The molecule has 0 spiro atoms. The molecule has 4 aromatic rings. The Labute approximate surface area is 275 Å². The maximum Gasteiger partial charge on any atom is 0.194 e. The zero-order valence-electron chi connectivity index (χ0n) is 27.9. The summed E-state index contributed by atoms with van der Waals surface area (Å²) in [4.78, 5) is 19.9. The fourth-order valence-electron chi connectivity index (χ4n) is 6.73. The van der Waals surface area contributed by atoms with Crippen LogP contribution in [0.4, 0.5) is 0 Å². The predicted octanol–water partition coefficient (Wildman–Crippen LogP) is 5.61. The molecule has 0 saturated carbocycles. The van der Waals surface area contributed by atoms with E-state index in [2.05, 4.69) is 5.32 Å². The van der Waals surface area contributed by atoms with Gasteiger partial charge in [0.15, 0.2) is 34.9 Å². The number of methoxy groups -OCH3 is 6. The quantitative estimate of drug-likeness (QED) is 0.210. The minimum Gasteiger partial charge on any atom is -0.497 e. The van der Waals surface area contributed by atoms with Crippen molar-refractivity contribution < 1.29 is 38.0 Å². The molecule has 10 heteroatoms. The lowest BCUT2D eigenvalue weighted by Gasteiger charge is -2.31. The summed E-state index contributed by atoms with van der Waals surface area (Å²) >= 11 is 0. The van der Waals surface area contributed by atoms with Gasteiger partial charge in [-0.2, -0.15) is 0 Å². The number of ketones is 1. The lowest BCUT2D eigenvalue weighted by molar-refractivity contribution is -0.128.